The first-order valence-corrected chi connectivity index (χ1v) is 12.2. The summed E-state index contributed by atoms with van der Waals surface area (Å²) in [7, 11) is 3.09. The summed E-state index contributed by atoms with van der Waals surface area (Å²) in [6.45, 7) is 0.358. The van der Waals surface area contributed by atoms with Crippen LogP contribution in [-0.4, -0.2) is 43.3 Å². The van der Waals surface area contributed by atoms with Crippen LogP contribution in [0.5, 0.6) is 11.5 Å². The van der Waals surface area contributed by atoms with Crippen LogP contribution in [0.1, 0.15) is 15.9 Å². The number of anilines is 1. The molecule has 0 heterocycles. The van der Waals surface area contributed by atoms with Crippen LogP contribution >= 0.6 is 23.4 Å². The van der Waals surface area contributed by atoms with Gasteiger partial charge in [0.2, 0.25) is 5.91 Å². The van der Waals surface area contributed by atoms with E-state index in [0.29, 0.717) is 24.5 Å². The first-order valence-electron chi connectivity index (χ1n) is 10.9. The molecule has 0 unspecified atom stereocenters. The number of ether oxygens (including phenoxy) is 2. The summed E-state index contributed by atoms with van der Waals surface area (Å²) in [6.07, 6.45) is 0.551. The van der Waals surface area contributed by atoms with Crippen molar-refractivity contribution >= 4 is 46.6 Å². The molecule has 0 aliphatic heterocycles. The molecular formula is C25H23ClFN3O6S. The molecule has 0 radical (unpaired) electrons. The molecule has 0 saturated carbocycles. The predicted octanol–water partition coefficient (Wildman–Crippen LogP) is 5.11. The molecule has 2 amide bonds. The van der Waals surface area contributed by atoms with Crippen LogP contribution in [0.25, 0.3) is 0 Å². The number of methoxy groups -OCH3 is 2. The van der Waals surface area contributed by atoms with Gasteiger partial charge in [0.05, 0.1) is 35.5 Å². The van der Waals surface area contributed by atoms with E-state index in [0.717, 1.165) is 29.5 Å². The summed E-state index contributed by atoms with van der Waals surface area (Å²) in [6, 6.07) is 13.0. The first-order chi connectivity index (χ1) is 17.7. The summed E-state index contributed by atoms with van der Waals surface area (Å²) in [5.41, 5.74) is 0.450. The Kier molecular flexibility index (Phi) is 9.70. The average molecular weight is 548 g/mol. The Labute approximate surface area is 221 Å². The number of hydrogen-bond acceptors (Lipinski definition) is 7. The minimum absolute atomic E-state index is 0.0372. The highest BCUT2D eigenvalue weighted by atomic mass is 35.5. The quantitative estimate of drug-likeness (QED) is 0.194. The first kappa shape index (κ1) is 27.8. The minimum atomic E-state index is -0.736. The van der Waals surface area contributed by atoms with E-state index in [-0.39, 0.29) is 38.5 Å². The van der Waals surface area contributed by atoms with E-state index in [4.69, 9.17) is 21.1 Å². The summed E-state index contributed by atoms with van der Waals surface area (Å²) in [5.74, 6) is -0.638. The molecule has 0 fully saturated rings. The van der Waals surface area contributed by atoms with E-state index in [9.17, 15) is 24.1 Å². The molecule has 3 aromatic carbocycles. The standard InChI is InChI=1S/C25H23ClFN3O6S/c1-35-21-7-3-15(11-22(21)36-2)9-10-28-24(31)14-37-23-8-4-16(12-20(23)30(33)34)25(32)29-19-6-5-17(26)13-18(19)27/h3-8,11-13H,9-10,14H2,1-2H3,(H,28,31)(H,29,32). The number of halogens is 2. The molecule has 0 bridgehead atoms. The Morgan fingerprint density at radius 3 is 2.49 bits per heavy atom. The third kappa shape index (κ3) is 7.58. The number of amides is 2. The molecule has 2 N–H and O–H groups in total. The minimum Gasteiger partial charge on any atom is -0.493 e. The fourth-order valence-electron chi connectivity index (χ4n) is 3.29. The molecule has 0 spiro atoms. The lowest BCUT2D eigenvalue weighted by Crippen LogP contribution is -2.27. The zero-order valence-electron chi connectivity index (χ0n) is 19.9. The zero-order chi connectivity index (χ0) is 26.9. The maximum Gasteiger partial charge on any atom is 0.283 e. The summed E-state index contributed by atoms with van der Waals surface area (Å²) >= 11 is 6.68. The van der Waals surface area contributed by atoms with Crippen molar-refractivity contribution < 1.29 is 28.4 Å². The zero-order valence-corrected chi connectivity index (χ0v) is 21.5. The third-order valence-corrected chi connectivity index (χ3v) is 6.44. The maximum atomic E-state index is 14.0. The van der Waals surface area contributed by atoms with Crippen molar-refractivity contribution in [3.05, 3.63) is 86.7 Å². The Morgan fingerprint density at radius 2 is 1.81 bits per heavy atom. The van der Waals surface area contributed by atoms with Gasteiger partial charge in [0.1, 0.15) is 5.82 Å². The van der Waals surface area contributed by atoms with Gasteiger partial charge in [0, 0.05) is 23.2 Å². The van der Waals surface area contributed by atoms with Gasteiger partial charge in [-0.15, -0.1) is 11.8 Å². The molecule has 0 saturated heterocycles. The Morgan fingerprint density at radius 1 is 1.05 bits per heavy atom. The van der Waals surface area contributed by atoms with Crippen LogP contribution in [0.2, 0.25) is 5.02 Å². The molecule has 194 valence electrons. The van der Waals surface area contributed by atoms with Gasteiger partial charge in [-0.1, -0.05) is 17.7 Å². The normalized spacial score (nSPS) is 10.5. The number of nitrogens with one attached hydrogen (secondary N) is 2. The van der Waals surface area contributed by atoms with Crippen molar-refractivity contribution in [1.29, 1.82) is 0 Å². The van der Waals surface area contributed by atoms with Crippen LogP contribution in [0, 0.1) is 15.9 Å². The lowest BCUT2D eigenvalue weighted by molar-refractivity contribution is -0.387. The van der Waals surface area contributed by atoms with Gasteiger partial charge in [-0.25, -0.2) is 4.39 Å². The Balaban J connectivity index is 1.57. The van der Waals surface area contributed by atoms with Gasteiger partial charge in [-0.2, -0.15) is 0 Å². The second-order valence-electron chi connectivity index (χ2n) is 7.60. The maximum absolute atomic E-state index is 14.0. The van der Waals surface area contributed by atoms with Crippen LogP contribution in [0.4, 0.5) is 15.8 Å². The monoisotopic (exact) mass is 547 g/mol. The van der Waals surface area contributed by atoms with E-state index >= 15 is 0 Å². The number of rotatable bonds is 11. The van der Waals surface area contributed by atoms with Gasteiger partial charge >= 0.3 is 0 Å². The van der Waals surface area contributed by atoms with Gasteiger partial charge in [-0.3, -0.25) is 19.7 Å². The fourth-order valence-corrected chi connectivity index (χ4v) is 4.28. The highest BCUT2D eigenvalue weighted by Gasteiger charge is 2.20. The van der Waals surface area contributed by atoms with Gasteiger partial charge < -0.3 is 20.1 Å². The number of thioether (sulfide) groups is 1. The smallest absolute Gasteiger partial charge is 0.283 e. The van der Waals surface area contributed by atoms with Crippen LogP contribution in [0.15, 0.2) is 59.5 Å². The van der Waals surface area contributed by atoms with Crippen molar-refractivity contribution in [3.63, 3.8) is 0 Å². The summed E-state index contributed by atoms with van der Waals surface area (Å²) in [5, 5.41) is 16.9. The largest absolute Gasteiger partial charge is 0.493 e. The van der Waals surface area contributed by atoms with Crippen LogP contribution < -0.4 is 20.1 Å². The van der Waals surface area contributed by atoms with Crippen molar-refractivity contribution in [1.82, 2.24) is 5.32 Å². The van der Waals surface area contributed by atoms with Gasteiger partial charge in [0.15, 0.2) is 11.5 Å². The fraction of sp³-hybridized carbons (Fsp3) is 0.200. The number of nitrogens with zero attached hydrogens (tertiary/aromatic N) is 1. The number of hydrogen-bond donors (Lipinski definition) is 2. The number of nitro groups is 1. The molecule has 37 heavy (non-hydrogen) atoms. The number of carbonyl (C=O) groups excluding carboxylic acids is 2. The van der Waals surface area contributed by atoms with Gasteiger partial charge in [0.25, 0.3) is 11.6 Å². The second kappa shape index (κ2) is 12.9. The second-order valence-corrected chi connectivity index (χ2v) is 9.05. The highest BCUT2D eigenvalue weighted by Crippen LogP contribution is 2.31. The van der Waals surface area contributed by atoms with Crippen molar-refractivity contribution in [2.75, 3.05) is 31.8 Å². The van der Waals surface area contributed by atoms with E-state index in [1.165, 1.54) is 31.4 Å². The molecule has 3 rings (SSSR count). The molecule has 0 atom stereocenters. The Bertz CT molecular complexity index is 1320. The predicted molar refractivity (Wildman–Crippen MR) is 139 cm³/mol. The van der Waals surface area contributed by atoms with Crippen molar-refractivity contribution in [3.8, 4) is 11.5 Å². The number of benzene rings is 3. The third-order valence-electron chi connectivity index (χ3n) is 5.14. The SMILES string of the molecule is COc1ccc(CCNC(=O)CSc2ccc(C(=O)Nc3ccc(Cl)cc3F)cc2[N+](=O)[O-])cc1OC. The number of carbonyl (C=O) groups is 2. The van der Waals surface area contributed by atoms with Crippen molar-refractivity contribution in [2.45, 2.75) is 11.3 Å². The van der Waals surface area contributed by atoms with Gasteiger partial charge in [-0.05, 0) is 54.4 Å². The number of nitro benzene ring substituents is 1. The van der Waals surface area contributed by atoms with Crippen LogP contribution in [0.3, 0.4) is 0 Å². The van der Waals surface area contributed by atoms with Crippen molar-refractivity contribution in [2.24, 2.45) is 0 Å². The molecular weight excluding hydrogens is 525 g/mol. The van der Waals surface area contributed by atoms with E-state index in [1.807, 2.05) is 12.1 Å². The lowest BCUT2D eigenvalue weighted by atomic mass is 10.1. The molecule has 0 aromatic heterocycles. The van der Waals surface area contributed by atoms with E-state index in [2.05, 4.69) is 10.6 Å². The van der Waals surface area contributed by atoms with Crippen LogP contribution in [-0.2, 0) is 11.2 Å². The summed E-state index contributed by atoms with van der Waals surface area (Å²) in [4.78, 5) is 35.9. The highest BCUT2D eigenvalue weighted by molar-refractivity contribution is 8.00. The molecule has 9 nitrogen and oxygen atoms in total. The molecule has 0 aliphatic carbocycles. The van der Waals surface area contributed by atoms with E-state index in [1.54, 1.807) is 13.2 Å². The lowest BCUT2D eigenvalue weighted by Gasteiger charge is -2.10. The molecule has 12 heteroatoms. The molecule has 3 aromatic rings. The topological polar surface area (TPSA) is 120 Å². The molecule has 0 aliphatic rings. The summed E-state index contributed by atoms with van der Waals surface area (Å²) < 4.78 is 24.4. The van der Waals surface area contributed by atoms with E-state index < -0.39 is 16.6 Å². The average Bonchev–Trinajstić information content (AvgIpc) is 2.88. The Hall–Kier alpha value is -3.83.